The summed E-state index contributed by atoms with van der Waals surface area (Å²) in [6.07, 6.45) is 0. The minimum Gasteiger partial charge on any atom is -0.512 e. The molecule has 0 aromatic heterocycles. The third kappa shape index (κ3) is 0.0421. The number of carbonyl (C=O) groups excluding carboxylic acids is 1. The smallest absolute Gasteiger partial charge is 0.106 e. The summed E-state index contributed by atoms with van der Waals surface area (Å²) in [7, 11) is 0. The van der Waals surface area contributed by atoms with E-state index in [1.165, 1.54) is 0 Å². The summed E-state index contributed by atoms with van der Waals surface area (Å²) < 4.78 is 0. The summed E-state index contributed by atoms with van der Waals surface area (Å²) in [4.78, 5) is 8.00. The Bertz CT molecular complexity index is 17.2. The van der Waals surface area contributed by atoms with Crippen LogP contribution in [0.15, 0.2) is 0 Å². The third-order valence-electron chi connectivity index (χ3n) is 0. The molecule has 0 spiro atoms. The molecule has 0 aliphatic heterocycles. The molecule has 0 aromatic carbocycles. The quantitative estimate of drug-likeness (QED) is 0.364. The van der Waals surface area contributed by atoms with Crippen molar-refractivity contribution in [3.8, 4) is 0 Å². The molecular weight excluding hydrogens is 54.0 g/mol. The van der Waals surface area contributed by atoms with Gasteiger partial charge in [0.25, 0.3) is 0 Å². The van der Waals surface area contributed by atoms with E-state index in [4.69, 9.17) is 16.6 Å². The lowest BCUT2D eigenvalue weighted by molar-refractivity contribution is -0.0979. The van der Waals surface area contributed by atoms with Crippen LogP contribution in [0.2, 0.25) is 0 Å². The summed E-state index contributed by atoms with van der Waals surface area (Å²) >= 11 is 0. The maximum atomic E-state index is 8.00. The Kier molecular flexibility index (Phi) is 11.3. The molecule has 4 heavy (non-hydrogen) atoms. The van der Waals surface area contributed by atoms with Gasteiger partial charge in [0, 0.05) is 0 Å². The van der Waals surface area contributed by atoms with Crippen LogP contribution in [-0.2, 0) is 4.79 Å². The minimum atomic E-state index is 2.00. The zero-order chi connectivity index (χ0) is 4.00. The Hall–Kier alpha value is -0.840. The molecule has 0 N–H and O–H groups in total. The highest BCUT2D eigenvalue weighted by molar-refractivity contribution is 5.10. The van der Waals surface area contributed by atoms with Crippen LogP contribution in [0.1, 0.15) is 0 Å². The molecule has 0 aliphatic carbocycles. The maximum absolute atomic E-state index is 8.00. The second-order valence-electron chi connectivity index (χ2n) is 0. The molecular formula is C2H2NO-. The molecule has 0 fully saturated rings. The van der Waals surface area contributed by atoms with E-state index < -0.39 is 0 Å². The van der Waals surface area contributed by atoms with Crippen LogP contribution >= 0.6 is 0 Å². The van der Waals surface area contributed by atoms with Crippen LogP contribution in [0.3, 0.4) is 0 Å². The van der Waals surface area contributed by atoms with Gasteiger partial charge in [0.1, 0.15) is 6.79 Å². The monoisotopic (exact) mass is 56.0 g/mol. The van der Waals surface area contributed by atoms with Crippen molar-refractivity contribution in [1.29, 1.82) is 5.26 Å². The fourth-order valence-corrected chi connectivity index (χ4v) is 0. The van der Waals surface area contributed by atoms with Crippen LogP contribution in [0.5, 0.6) is 0 Å². The number of hydrogen-bond donors (Lipinski definition) is 0. The van der Waals surface area contributed by atoms with Gasteiger partial charge in [-0.25, -0.2) is 0 Å². The first kappa shape index (κ1) is 11.0. The van der Waals surface area contributed by atoms with E-state index in [0.717, 1.165) is 0 Å². The van der Waals surface area contributed by atoms with Crippen molar-refractivity contribution in [2.24, 2.45) is 0 Å². The highest BCUT2D eigenvalue weighted by Crippen LogP contribution is 0.627. The Labute approximate surface area is 24.7 Å². The molecule has 0 aromatic rings. The van der Waals surface area contributed by atoms with Crippen molar-refractivity contribution in [2.45, 2.75) is 0 Å². The molecule has 2 nitrogen and oxygen atoms in total. The van der Waals surface area contributed by atoms with Crippen LogP contribution in [0.25, 0.3) is 0 Å². The van der Waals surface area contributed by atoms with E-state index in [-0.39, 0.29) is 0 Å². The summed E-state index contributed by atoms with van der Waals surface area (Å²) in [5.41, 5.74) is 0. The molecule has 0 unspecified atom stereocenters. The second-order valence-corrected chi connectivity index (χ2v) is 0. The van der Waals surface area contributed by atoms with Gasteiger partial charge in [-0.15, -0.1) is 0 Å². The van der Waals surface area contributed by atoms with Gasteiger partial charge >= 0.3 is 0 Å². The maximum Gasteiger partial charge on any atom is 0.106 e. The molecule has 0 saturated heterocycles. The highest BCUT2D eigenvalue weighted by atomic mass is 16.1. The Morgan fingerprint density at radius 3 is 1.50 bits per heavy atom. The molecule has 0 atom stereocenters. The van der Waals surface area contributed by atoms with Gasteiger partial charge in [0.15, 0.2) is 0 Å². The van der Waals surface area contributed by atoms with Crippen LogP contribution in [0, 0.1) is 11.8 Å². The lowest BCUT2D eigenvalue weighted by atomic mass is 11.9. The van der Waals surface area contributed by atoms with Crippen LogP contribution in [-0.4, -0.2) is 6.79 Å². The Balaban J connectivity index is 0. The Morgan fingerprint density at radius 2 is 1.50 bits per heavy atom. The topological polar surface area (TPSA) is 40.9 Å². The fraction of sp³-hybridized carbons (Fsp3) is 0. The van der Waals surface area contributed by atoms with E-state index in [1.54, 1.807) is 0 Å². The average molecular weight is 56.0 g/mol. The average Bonchev–Trinajstić information content (AvgIpc) is 1.50. The van der Waals surface area contributed by atoms with Gasteiger partial charge in [-0.2, -0.15) is 0 Å². The minimum absolute atomic E-state index is 2.00. The van der Waals surface area contributed by atoms with Crippen molar-refractivity contribution in [1.82, 2.24) is 0 Å². The van der Waals surface area contributed by atoms with Crippen molar-refractivity contribution in [3.05, 3.63) is 6.57 Å². The zero-order valence-electron chi connectivity index (χ0n) is 2.06. The molecule has 2 heteroatoms. The van der Waals surface area contributed by atoms with Crippen LogP contribution < -0.4 is 0 Å². The van der Waals surface area contributed by atoms with Gasteiger partial charge < -0.3 is 16.6 Å². The number of carbonyl (C=O) groups is 1. The van der Waals surface area contributed by atoms with Crippen molar-refractivity contribution in [2.75, 3.05) is 0 Å². The number of hydrogen-bond acceptors (Lipinski definition) is 2. The molecule has 0 saturated carbocycles. The lowest BCUT2D eigenvalue weighted by Crippen LogP contribution is -0.925. The predicted octanol–water partition coefficient (Wildman–Crippen LogP) is -0.0885. The summed E-state index contributed by atoms with van der Waals surface area (Å²) in [6, 6.07) is 0. The standard InChI is InChI=1S/CN.CH2O/c2*1-2/h;1H2/q-1;. The number of rotatable bonds is 0. The van der Waals surface area contributed by atoms with Crippen LogP contribution in [0.4, 0.5) is 0 Å². The first-order chi connectivity index (χ1) is 2.00. The van der Waals surface area contributed by atoms with Gasteiger partial charge in [0.05, 0.1) is 0 Å². The summed E-state index contributed by atoms with van der Waals surface area (Å²) in [5.74, 6) is 0. The molecule has 0 aliphatic rings. The first-order valence-electron chi connectivity index (χ1n) is 0.512. The molecule has 22 valence electrons. The third-order valence-corrected chi connectivity index (χ3v) is 0. The molecule has 0 heterocycles. The summed E-state index contributed by atoms with van der Waals surface area (Å²) in [6.45, 7) is 6.75. The van der Waals surface area contributed by atoms with Gasteiger partial charge in [-0.05, 0) is 0 Å². The Morgan fingerprint density at radius 1 is 1.50 bits per heavy atom. The van der Waals surface area contributed by atoms with E-state index in [0.29, 0.717) is 0 Å². The van der Waals surface area contributed by atoms with E-state index in [1.807, 2.05) is 6.79 Å². The van der Waals surface area contributed by atoms with Crippen molar-refractivity contribution in [3.63, 3.8) is 0 Å². The van der Waals surface area contributed by atoms with Crippen molar-refractivity contribution >= 4 is 6.79 Å². The lowest BCUT2D eigenvalue weighted by Gasteiger charge is -1.08. The second kappa shape index (κ2) is 4.12. The fourth-order valence-electron chi connectivity index (χ4n) is 0. The highest BCUT2D eigenvalue weighted by Gasteiger charge is 0.636. The zero-order valence-corrected chi connectivity index (χ0v) is 2.06. The van der Waals surface area contributed by atoms with E-state index in [9.17, 15) is 0 Å². The molecule has 0 radical (unpaired) electrons. The molecule has 0 rings (SSSR count). The van der Waals surface area contributed by atoms with E-state index >= 15 is 0 Å². The molecule has 0 amide bonds. The predicted molar refractivity (Wildman–Crippen MR) is 12.1 cm³/mol. The van der Waals surface area contributed by atoms with Gasteiger partial charge in [-0.3, -0.25) is 0 Å². The summed E-state index contributed by atoms with van der Waals surface area (Å²) in [5, 5.41) is 6.25. The van der Waals surface area contributed by atoms with Gasteiger partial charge in [0.2, 0.25) is 0 Å². The van der Waals surface area contributed by atoms with Crippen molar-refractivity contribution < 1.29 is 4.79 Å². The normalized spacial score (nSPS) is 1.50. The largest absolute Gasteiger partial charge is 0.512 e. The first-order valence-corrected chi connectivity index (χ1v) is 0.512. The number of nitrogens with zero attached hydrogens (tertiary/aromatic N) is 1. The van der Waals surface area contributed by atoms with Gasteiger partial charge in [-0.1, -0.05) is 0 Å². The molecule has 0 bridgehead atoms. The SMILES string of the molecule is C=O.[C-]#N. The van der Waals surface area contributed by atoms with E-state index in [2.05, 4.69) is 0 Å².